The Morgan fingerprint density at radius 2 is 2.00 bits per heavy atom. The van der Waals surface area contributed by atoms with Crippen molar-refractivity contribution in [2.75, 3.05) is 17.7 Å². The van der Waals surface area contributed by atoms with E-state index in [4.69, 9.17) is 10.00 Å². The molecule has 0 atom stereocenters. The number of aromatic nitrogens is 2. The van der Waals surface area contributed by atoms with Crippen LogP contribution in [0.5, 0.6) is 5.88 Å². The molecule has 1 N–H and O–H groups in total. The summed E-state index contributed by atoms with van der Waals surface area (Å²) < 4.78 is 5.80. The van der Waals surface area contributed by atoms with Crippen molar-refractivity contribution >= 4 is 44.9 Å². The molecule has 0 saturated heterocycles. The number of rotatable bonds is 7. The third kappa shape index (κ3) is 4.85. The van der Waals surface area contributed by atoms with Gasteiger partial charge in [0.05, 0.1) is 22.9 Å². The van der Waals surface area contributed by atoms with Crippen LogP contribution in [0.25, 0.3) is 21.3 Å². The number of thioether (sulfide) groups is 1. The molecule has 0 radical (unpaired) electrons. The highest BCUT2D eigenvalue weighted by Crippen LogP contribution is 2.37. The number of fused-ring (bicyclic) bond motifs is 1. The van der Waals surface area contributed by atoms with Crippen molar-refractivity contribution in [3.8, 4) is 23.1 Å². The predicted octanol–water partition coefficient (Wildman–Crippen LogP) is 5.30. The summed E-state index contributed by atoms with van der Waals surface area (Å²) in [6.07, 6.45) is 1.44. The molecule has 2 aromatic carbocycles. The van der Waals surface area contributed by atoms with E-state index in [1.54, 1.807) is 6.07 Å². The first-order chi connectivity index (χ1) is 15.2. The molecule has 4 rings (SSSR count). The molecular weight excluding hydrogens is 428 g/mol. The smallest absolute Gasteiger partial charge is 0.262 e. The van der Waals surface area contributed by atoms with Crippen molar-refractivity contribution in [1.29, 1.82) is 5.26 Å². The van der Waals surface area contributed by atoms with Gasteiger partial charge in [-0.05, 0) is 24.6 Å². The molecule has 6 nitrogen and oxygen atoms in total. The molecule has 2 aromatic heterocycles. The normalized spacial score (nSPS) is 10.6. The fraction of sp³-hybridized carbons (Fsp3) is 0.130. The lowest BCUT2D eigenvalue weighted by molar-refractivity contribution is -0.118. The average Bonchev–Trinajstić information content (AvgIpc) is 3.22. The van der Waals surface area contributed by atoms with Crippen molar-refractivity contribution in [2.24, 2.45) is 0 Å². The van der Waals surface area contributed by atoms with Crippen molar-refractivity contribution in [2.45, 2.75) is 11.8 Å². The second kappa shape index (κ2) is 9.60. The number of anilines is 1. The first-order valence-electron chi connectivity index (χ1n) is 9.46. The number of nitrogens with zero attached hydrogens (tertiary/aromatic N) is 3. The quantitative estimate of drug-likeness (QED) is 0.388. The number of nitrogens with one attached hydrogen (secondary N) is 1. The van der Waals surface area contributed by atoms with E-state index in [2.05, 4.69) is 45.6 Å². The lowest BCUT2D eigenvalue weighted by Crippen LogP contribution is -2.21. The van der Waals surface area contributed by atoms with Gasteiger partial charge >= 0.3 is 0 Å². The van der Waals surface area contributed by atoms with E-state index in [0.29, 0.717) is 17.3 Å². The van der Waals surface area contributed by atoms with Gasteiger partial charge in [0.15, 0.2) is 6.61 Å². The maximum atomic E-state index is 12.5. The zero-order chi connectivity index (χ0) is 21.6. The predicted molar refractivity (Wildman–Crippen MR) is 124 cm³/mol. The molecule has 0 saturated carbocycles. The summed E-state index contributed by atoms with van der Waals surface area (Å²) in [6, 6.07) is 17.7. The summed E-state index contributed by atoms with van der Waals surface area (Å²) in [4.78, 5) is 22.8. The van der Waals surface area contributed by atoms with E-state index in [1.165, 1.54) is 35.0 Å². The minimum absolute atomic E-state index is 0.188. The Morgan fingerprint density at radius 3 is 2.81 bits per heavy atom. The molecule has 1 amide bonds. The van der Waals surface area contributed by atoms with Gasteiger partial charge in [0, 0.05) is 15.8 Å². The Kier molecular flexibility index (Phi) is 6.46. The van der Waals surface area contributed by atoms with E-state index < -0.39 is 0 Å². The molecule has 0 bridgehead atoms. The largest absolute Gasteiger partial charge is 0.467 e. The first-order valence-corrected chi connectivity index (χ1v) is 11.3. The molecule has 4 aromatic rings. The van der Waals surface area contributed by atoms with Crippen molar-refractivity contribution in [1.82, 2.24) is 9.97 Å². The van der Waals surface area contributed by atoms with Crippen LogP contribution in [-0.4, -0.2) is 28.2 Å². The van der Waals surface area contributed by atoms with Crippen LogP contribution in [0.15, 0.2) is 65.1 Å². The number of hydrogen-bond donors (Lipinski definition) is 1. The number of carbonyl (C=O) groups is 1. The maximum Gasteiger partial charge on any atom is 0.262 e. The Balaban J connectivity index is 1.52. The molecule has 0 aliphatic carbocycles. The van der Waals surface area contributed by atoms with E-state index in [9.17, 15) is 4.79 Å². The van der Waals surface area contributed by atoms with Gasteiger partial charge in [0.1, 0.15) is 11.2 Å². The molecule has 0 aliphatic rings. The average molecular weight is 447 g/mol. The van der Waals surface area contributed by atoms with Crippen LogP contribution in [0.3, 0.4) is 0 Å². The minimum Gasteiger partial charge on any atom is -0.467 e. The van der Waals surface area contributed by atoms with Crippen molar-refractivity contribution in [3.63, 3.8) is 0 Å². The number of carbonyl (C=O) groups excluding carboxylic acids is 1. The zero-order valence-electron chi connectivity index (χ0n) is 16.7. The Hall–Kier alpha value is -3.41. The van der Waals surface area contributed by atoms with E-state index in [-0.39, 0.29) is 12.5 Å². The molecular formula is C23H18N4O2S2. The summed E-state index contributed by atoms with van der Waals surface area (Å²) in [6.45, 7) is 1.86. The highest BCUT2D eigenvalue weighted by Gasteiger charge is 2.16. The van der Waals surface area contributed by atoms with Crippen LogP contribution in [-0.2, 0) is 4.79 Å². The Morgan fingerprint density at radius 1 is 1.19 bits per heavy atom. The van der Waals surface area contributed by atoms with E-state index in [0.717, 1.165) is 26.2 Å². The molecule has 0 fully saturated rings. The molecule has 0 unspecified atom stereocenters. The minimum atomic E-state index is -0.302. The number of nitriles is 1. The summed E-state index contributed by atoms with van der Waals surface area (Å²) in [7, 11) is 0. The van der Waals surface area contributed by atoms with Gasteiger partial charge in [-0.25, -0.2) is 9.97 Å². The molecule has 2 heterocycles. The number of amides is 1. The lowest BCUT2D eigenvalue weighted by Gasteiger charge is -2.11. The number of hydrogen-bond acceptors (Lipinski definition) is 7. The standard InChI is InChI=1S/C23H18N4O2S2/c1-15-6-8-16(9-7-15)17-13-31-23-21(17)22(25-14-26-23)29-12-20(28)27-18-4-2-3-5-19(18)30-11-10-24/h2-9,13-14H,11-12H2,1H3,(H,27,28). The summed E-state index contributed by atoms with van der Waals surface area (Å²) in [5.41, 5.74) is 3.86. The fourth-order valence-corrected chi connectivity index (χ4v) is 4.60. The third-order valence-electron chi connectivity index (χ3n) is 4.49. The molecule has 0 spiro atoms. The van der Waals surface area contributed by atoms with Gasteiger partial charge in [0.2, 0.25) is 5.88 Å². The summed E-state index contributed by atoms with van der Waals surface area (Å²) in [5, 5.41) is 14.5. The molecule has 31 heavy (non-hydrogen) atoms. The van der Waals surface area contributed by atoms with Crippen LogP contribution in [0, 0.1) is 18.3 Å². The lowest BCUT2D eigenvalue weighted by atomic mass is 10.0. The topological polar surface area (TPSA) is 87.9 Å². The van der Waals surface area contributed by atoms with Crippen LogP contribution >= 0.6 is 23.1 Å². The van der Waals surface area contributed by atoms with Gasteiger partial charge in [-0.15, -0.1) is 23.1 Å². The SMILES string of the molecule is Cc1ccc(-c2csc3ncnc(OCC(=O)Nc4ccccc4SCC#N)c23)cc1. The van der Waals surface area contributed by atoms with Gasteiger partial charge in [0.25, 0.3) is 5.91 Å². The van der Waals surface area contributed by atoms with Crippen LogP contribution < -0.4 is 10.1 Å². The monoisotopic (exact) mass is 446 g/mol. The maximum absolute atomic E-state index is 12.5. The number of benzene rings is 2. The van der Waals surface area contributed by atoms with E-state index >= 15 is 0 Å². The van der Waals surface area contributed by atoms with Gasteiger partial charge < -0.3 is 10.1 Å². The second-order valence-corrected chi connectivity index (χ2v) is 8.53. The van der Waals surface area contributed by atoms with E-state index in [1.807, 2.05) is 30.5 Å². The second-order valence-electron chi connectivity index (χ2n) is 6.65. The number of aryl methyl sites for hydroxylation is 1. The first kappa shape index (κ1) is 20.8. The highest BCUT2D eigenvalue weighted by atomic mass is 32.2. The summed E-state index contributed by atoms with van der Waals surface area (Å²) >= 11 is 2.88. The Labute approximate surface area is 187 Å². The Bertz CT molecular complexity index is 1260. The van der Waals surface area contributed by atoms with Crippen molar-refractivity contribution < 1.29 is 9.53 Å². The number of thiophene rings is 1. The van der Waals surface area contributed by atoms with Gasteiger partial charge in [-0.3, -0.25) is 4.79 Å². The van der Waals surface area contributed by atoms with Crippen molar-refractivity contribution in [3.05, 3.63) is 65.8 Å². The fourth-order valence-electron chi connectivity index (χ4n) is 3.03. The number of ether oxygens (including phenoxy) is 1. The highest BCUT2D eigenvalue weighted by molar-refractivity contribution is 7.99. The number of para-hydroxylation sites is 1. The van der Waals surface area contributed by atoms with Gasteiger partial charge in [-0.1, -0.05) is 42.0 Å². The van der Waals surface area contributed by atoms with Gasteiger partial charge in [-0.2, -0.15) is 5.26 Å². The van der Waals surface area contributed by atoms with Crippen LogP contribution in [0.4, 0.5) is 5.69 Å². The molecule has 154 valence electrons. The van der Waals surface area contributed by atoms with Crippen LogP contribution in [0.2, 0.25) is 0 Å². The molecule has 0 aliphatic heterocycles. The third-order valence-corrected chi connectivity index (χ3v) is 6.32. The van der Waals surface area contributed by atoms with Crippen LogP contribution in [0.1, 0.15) is 5.56 Å². The zero-order valence-corrected chi connectivity index (χ0v) is 18.3. The summed E-state index contributed by atoms with van der Waals surface area (Å²) in [5.74, 6) is 0.385. The molecule has 8 heteroatoms.